The number of thiophene rings is 1. The number of methoxy groups -OCH3 is 2. The molecule has 0 amide bonds. The molecule has 0 saturated heterocycles. The molecule has 4 aromatic rings. The predicted molar refractivity (Wildman–Crippen MR) is 121 cm³/mol. The summed E-state index contributed by atoms with van der Waals surface area (Å²) in [6, 6.07) is 18.8. The van der Waals surface area contributed by atoms with Crippen LogP contribution in [0.3, 0.4) is 0 Å². The van der Waals surface area contributed by atoms with Crippen molar-refractivity contribution in [1.82, 2.24) is 9.78 Å². The van der Waals surface area contributed by atoms with E-state index in [1.165, 1.54) is 30.2 Å². The lowest BCUT2D eigenvalue weighted by molar-refractivity contribution is 0.0549. The van der Waals surface area contributed by atoms with E-state index in [0.717, 1.165) is 0 Å². The van der Waals surface area contributed by atoms with Crippen LogP contribution < -0.4 is 4.74 Å². The minimum Gasteiger partial charge on any atom is -0.465 e. The Morgan fingerprint density at radius 3 is 2.12 bits per heavy atom. The lowest BCUT2D eigenvalue weighted by atomic mass is 10.1. The van der Waals surface area contributed by atoms with Gasteiger partial charge in [-0.05, 0) is 47.8 Å². The van der Waals surface area contributed by atoms with E-state index in [0.29, 0.717) is 21.9 Å². The fourth-order valence-corrected chi connectivity index (χ4v) is 3.79. The number of aromatic nitrogens is 2. The fraction of sp³-hybridized carbons (Fsp3) is 0.0833. The van der Waals surface area contributed by atoms with Crippen LogP contribution in [0.2, 0.25) is 0 Å². The molecule has 0 atom stereocenters. The first-order chi connectivity index (χ1) is 16.0. The molecule has 0 aliphatic heterocycles. The third-order valence-electron chi connectivity index (χ3n) is 4.72. The molecule has 0 N–H and O–H groups in total. The molecule has 33 heavy (non-hydrogen) atoms. The van der Waals surface area contributed by atoms with E-state index in [1.807, 2.05) is 6.07 Å². The lowest BCUT2D eigenvalue weighted by Crippen LogP contribution is -2.15. The van der Waals surface area contributed by atoms with E-state index in [1.54, 1.807) is 66.0 Å². The van der Waals surface area contributed by atoms with E-state index in [-0.39, 0.29) is 17.0 Å². The van der Waals surface area contributed by atoms with Crippen LogP contribution in [0.4, 0.5) is 0 Å². The largest absolute Gasteiger partial charge is 0.465 e. The van der Waals surface area contributed by atoms with Crippen molar-refractivity contribution in [2.24, 2.45) is 0 Å². The fourth-order valence-electron chi connectivity index (χ4n) is 3.19. The van der Waals surface area contributed by atoms with Crippen LogP contribution in [-0.2, 0) is 9.47 Å². The van der Waals surface area contributed by atoms with Gasteiger partial charge in [-0.25, -0.2) is 19.1 Å². The monoisotopic (exact) mass is 462 g/mol. The minimum atomic E-state index is -0.737. The van der Waals surface area contributed by atoms with Crippen molar-refractivity contribution in [3.63, 3.8) is 0 Å². The highest BCUT2D eigenvalue weighted by molar-refractivity contribution is 7.12. The van der Waals surface area contributed by atoms with Gasteiger partial charge in [0, 0.05) is 5.56 Å². The molecule has 8 nitrogen and oxygen atoms in total. The van der Waals surface area contributed by atoms with Gasteiger partial charge in [0.1, 0.15) is 21.9 Å². The van der Waals surface area contributed by atoms with Gasteiger partial charge in [0.25, 0.3) is 0 Å². The minimum absolute atomic E-state index is 0.0310. The predicted octanol–water partition coefficient (Wildman–Crippen LogP) is 4.39. The highest BCUT2D eigenvalue weighted by Gasteiger charge is 2.31. The second-order valence-corrected chi connectivity index (χ2v) is 7.64. The molecule has 0 aliphatic rings. The molecule has 166 valence electrons. The van der Waals surface area contributed by atoms with Gasteiger partial charge in [-0.2, -0.15) is 5.10 Å². The molecule has 0 bridgehead atoms. The smallest absolute Gasteiger partial charge is 0.357 e. The SMILES string of the molecule is COC(=O)c1c(-c2ccc(OC(=O)c3cccs3)cc2)nn(-c2ccccc2)c1C(=O)OC. The number of esters is 3. The second-order valence-electron chi connectivity index (χ2n) is 6.69. The van der Waals surface area contributed by atoms with Gasteiger partial charge >= 0.3 is 17.9 Å². The Kier molecular flexibility index (Phi) is 6.32. The topological polar surface area (TPSA) is 96.7 Å². The zero-order valence-corrected chi connectivity index (χ0v) is 18.5. The highest BCUT2D eigenvalue weighted by Crippen LogP contribution is 2.30. The average Bonchev–Trinajstić information content (AvgIpc) is 3.53. The zero-order valence-electron chi connectivity index (χ0n) is 17.7. The molecule has 0 unspecified atom stereocenters. The third-order valence-corrected chi connectivity index (χ3v) is 5.57. The molecule has 0 fully saturated rings. The van der Waals surface area contributed by atoms with E-state index in [9.17, 15) is 14.4 Å². The molecule has 0 saturated carbocycles. The summed E-state index contributed by atoms with van der Waals surface area (Å²) in [6.45, 7) is 0. The van der Waals surface area contributed by atoms with Crippen LogP contribution in [0.1, 0.15) is 30.5 Å². The number of carbonyl (C=O) groups excluding carboxylic acids is 3. The number of nitrogens with zero attached hydrogens (tertiary/aromatic N) is 2. The van der Waals surface area contributed by atoms with Crippen molar-refractivity contribution in [3.05, 3.63) is 88.2 Å². The maximum Gasteiger partial charge on any atom is 0.357 e. The van der Waals surface area contributed by atoms with E-state index >= 15 is 0 Å². The van der Waals surface area contributed by atoms with Gasteiger partial charge in [0.15, 0.2) is 5.69 Å². The second kappa shape index (κ2) is 9.49. The van der Waals surface area contributed by atoms with Crippen LogP contribution in [0, 0.1) is 0 Å². The first kappa shape index (κ1) is 22.0. The van der Waals surface area contributed by atoms with Gasteiger partial charge in [-0.1, -0.05) is 24.3 Å². The molecular weight excluding hydrogens is 444 g/mol. The summed E-state index contributed by atoms with van der Waals surface area (Å²) >= 11 is 1.28. The van der Waals surface area contributed by atoms with E-state index in [2.05, 4.69) is 5.10 Å². The number of carbonyl (C=O) groups is 3. The van der Waals surface area contributed by atoms with E-state index < -0.39 is 17.9 Å². The number of hydrogen-bond acceptors (Lipinski definition) is 8. The van der Waals surface area contributed by atoms with Gasteiger partial charge in [-0.15, -0.1) is 11.3 Å². The van der Waals surface area contributed by atoms with Crippen LogP contribution in [-0.4, -0.2) is 41.9 Å². The van der Waals surface area contributed by atoms with Crippen molar-refractivity contribution in [3.8, 4) is 22.7 Å². The van der Waals surface area contributed by atoms with E-state index in [4.69, 9.17) is 14.2 Å². The first-order valence-electron chi connectivity index (χ1n) is 9.74. The van der Waals surface area contributed by atoms with Gasteiger partial charge in [0.05, 0.1) is 19.9 Å². The van der Waals surface area contributed by atoms with Gasteiger partial charge < -0.3 is 14.2 Å². The molecule has 0 spiro atoms. The lowest BCUT2D eigenvalue weighted by Gasteiger charge is -2.07. The first-order valence-corrected chi connectivity index (χ1v) is 10.6. The molecule has 4 rings (SSSR count). The molecule has 2 aromatic carbocycles. The standard InChI is InChI=1S/C24H18N2O6S/c1-30-23(28)19-20(25-26(21(19)24(29)31-2)16-7-4-3-5-8-16)15-10-12-17(13-11-15)32-22(27)18-9-6-14-33-18/h3-14H,1-2H3. The number of hydrogen-bond donors (Lipinski definition) is 0. The molecule has 0 aliphatic carbocycles. The number of para-hydroxylation sites is 1. The summed E-state index contributed by atoms with van der Waals surface area (Å²) in [5, 5.41) is 6.32. The summed E-state index contributed by atoms with van der Waals surface area (Å²) in [5.41, 5.74) is 1.22. The molecule has 9 heteroatoms. The molecule has 0 radical (unpaired) electrons. The Hall–Kier alpha value is -4.24. The highest BCUT2D eigenvalue weighted by atomic mass is 32.1. The Labute approximate surface area is 193 Å². The number of ether oxygens (including phenoxy) is 3. The van der Waals surface area contributed by atoms with Crippen molar-refractivity contribution >= 4 is 29.2 Å². The van der Waals surface area contributed by atoms with Crippen molar-refractivity contribution in [2.45, 2.75) is 0 Å². The summed E-state index contributed by atoms with van der Waals surface area (Å²) in [6.07, 6.45) is 0. The summed E-state index contributed by atoms with van der Waals surface area (Å²) in [7, 11) is 2.45. The maximum absolute atomic E-state index is 12.7. The quantitative estimate of drug-likeness (QED) is 0.310. The Morgan fingerprint density at radius 2 is 1.52 bits per heavy atom. The Bertz CT molecular complexity index is 1290. The normalized spacial score (nSPS) is 10.5. The summed E-state index contributed by atoms with van der Waals surface area (Å²) in [4.78, 5) is 38.0. The zero-order chi connectivity index (χ0) is 23.4. The van der Waals surface area contributed by atoms with Crippen LogP contribution in [0.5, 0.6) is 5.75 Å². The average molecular weight is 462 g/mol. The van der Waals surface area contributed by atoms with Gasteiger partial charge in [0.2, 0.25) is 0 Å². The summed E-state index contributed by atoms with van der Waals surface area (Å²) < 4.78 is 16.6. The van der Waals surface area contributed by atoms with Crippen LogP contribution >= 0.6 is 11.3 Å². The van der Waals surface area contributed by atoms with Gasteiger partial charge in [-0.3, -0.25) is 0 Å². The number of rotatable bonds is 6. The maximum atomic E-state index is 12.7. The van der Waals surface area contributed by atoms with Crippen LogP contribution in [0.15, 0.2) is 72.1 Å². The molecular formula is C24H18N2O6S. The van der Waals surface area contributed by atoms with Crippen molar-refractivity contribution in [1.29, 1.82) is 0 Å². The Morgan fingerprint density at radius 1 is 0.818 bits per heavy atom. The third kappa shape index (κ3) is 4.39. The van der Waals surface area contributed by atoms with Crippen LogP contribution in [0.25, 0.3) is 16.9 Å². The Balaban J connectivity index is 1.78. The number of benzene rings is 2. The summed E-state index contributed by atoms with van der Waals surface area (Å²) in [5.74, 6) is -1.61. The van der Waals surface area contributed by atoms with Crippen molar-refractivity contribution in [2.75, 3.05) is 14.2 Å². The molecule has 2 aromatic heterocycles. The molecule has 2 heterocycles. The van der Waals surface area contributed by atoms with Crippen molar-refractivity contribution < 1.29 is 28.6 Å².